The van der Waals surface area contributed by atoms with Crippen LogP contribution in [0.5, 0.6) is 0 Å². The van der Waals surface area contributed by atoms with Crippen molar-refractivity contribution in [2.75, 3.05) is 11.9 Å². The van der Waals surface area contributed by atoms with E-state index in [4.69, 9.17) is 4.74 Å². The average molecular weight is 439 g/mol. The number of anilines is 1. The maximum absolute atomic E-state index is 13.5. The van der Waals surface area contributed by atoms with Crippen LogP contribution in [0.25, 0.3) is 11.1 Å². The summed E-state index contributed by atoms with van der Waals surface area (Å²) in [4.78, 5) is 12.5. The molecule has 1 N–H and O–H groups in total. The third-order valence-electron chi connectivity index (χ3n) is 6.95. The van der Waals surface area contributed by atoms with Crippen molar-refractivity contribution in [3.63, 3.8) is 0 Å². The van der Waals surface area contributed by atoms with Gasteiger partial charge in [0.2, 0.25) is 0 Å². The molecule has 2 aliphatic heterocycles. The van der Waals surface area contributed by atoms with Crippen molar-refractivity contribution < 1.29 is 13.9 Å². The molecule has 6 heteroatoms. The molecule has 0 fully saturated rings. The van der Waals surface area contributed by atoms with E-state index in [0.717, 1.165) is 11.1 Å². The number of halogens is 1. The van der Waals surface area contributed by atoms with Crippen LogP contribution in [-0.4, -0.2) is 25.0 Å². The molecule has 1 amide bonds. The van der Waals surface area contributed by atoms with Crippen molar-refractivity contribution in [2.45, 2.75) is 58.2 Å². The van der Waals surface area contributed by atoms with E-state index in [1.165, 1.54) is 12.1 Å². The molecule has 31 heavy (non-hydrogen) atoms. The molecule has 1 aromatic heterocycles. The van der Waals surface area contributed by atoms with Gasteiger partial charge in [-0.1, -0.05) is 41.5 Å². The number of hydrogen-bond donors (Lipinski definition) is 1. The number of aromatic nitrogens is 1. The van der Waals surface area contributed by atoms with Gasteiger partial charge >= 0.3 is 0 Å². The second-order valence-corrected chi connectivity index (χ2v) is 15.3. The maximum Gasteiger partial charge on any atom is 0.260 e. The maximum atomic E-state index is 13.5. The van der Waals surface area contributed by atoms with Crippen molar-refractivity contribution in [2.24, 2.45) is 0 Å². The molecule has 0 radical (unpaired) electrons. The van der Waals surface area contributed by atoms with Crippen molar-refractivity contribution in [3.8, 4) is 0 Å². The highest BCUT2D eigenvalue weighted by Crippen LogP contribution is 2.43. The number of hydrogen-bond acceptors (Lipinski definition) is 2. The Balaban J connectivity index is 1.73. The second-order valence-electron chi connectivity index (χ2n) is 9.50. The minimum Gasteiger partial charge on any atom is -0.488 e. The molecule has 0 aliphatic carbocycles. The lowest BCUT2D eigenvalue weighted by Gasteiger charge is -2.44. The first-order valence-corrected chi connectivity index (χ1v) is 13.2. The summed E-state index contributed by atoms with van der Waals surface area (Å²) in [5, 5.41) is 2.74. The van der Waals surface area contributed by atoms with E-state index in [1.807, 2.05) is 6.08 Å². The van der Waals surface area contributed by atoms with E-state index < -0.39 is 8.24 Å². The first-order chi connectivity index (χ1) is 14.7. The highest BCUT2D eigenvalue weighted by molar-refractivity contribution is 6.82. The smallest absolute Gasteiger partial charge is 0.260 e. The Morgan fingerprint density at radius 3 is 2.39 bits per heavy atom. The second kappa shape index (κ2) is 7.82. The normalized spacial score (nSPS) is 18.6. The van der Waals surface area contributed by atoms with Crippen LogP contribution in [0.1, 0.15) is 52.7 Å². The molecule has 4 rings (SSSR count). The Kier molecular flexibility index (Phi) is 5.46. The minimum absolute atomic E-state index is 0.253. The zero-order chi connectivity index (χ0) is 22.5. The quantitative estimate of drug-likeness (QED) is 0.432. The fourth-order valence-electron chi connectivity index (χ4n) is 5.82. The van der Waals surface area contributed by atoms with Gasteiger partial charge in [0.1, 0.15) is 18.2 Å². The van der Waals surface area contributed by atoms with Crippen molar-refractivity contribution >= 4 is 31.0 Å². The van der Waals surface area contributed by atoms with E-state index in [0.29, 0.717) is 45.8 Å². The van der Waals surface area contributed by atoms with Crippen molar-refractivity contribution in [1.82, 2.24) is 4.23 Å². The van der Waals surface area contributed by atoms with Crippen LogP contribution >= 0.6 is 0 Å². The third-order valence-corrected chi connectivity index (χ3v) is 13.7. The summed E-state index contributed by atoms with van der Waals surface area (Å²) in [7, 11) is -1.80. The van der Waals surface area contributed by atoms with Crippen LogP contribution in [0.2, 0.25) is 16.6 Å². The molecule has 164 valence electrons. The molecule has 0 atom stereocenters. The number of nitrogens with one attached hydrogen (secondary N) is 1. The van der Waals surface area contributed by atoms with E-state index >= 15 is 0 Å². The highest BCUT2D eigenvalue weighted by Gasteiger charge is 2.45. The van der Waals surface area contributed by atoms with Gasteiger partial charge in [0.05, 0.1) is 11.3 Å². The summed E-state index contributed by atoms with van der Waals surface area (Å²) in [5.74, 6) is -0.0782. The van der Waals surface area contributed by atoms with Gasteiger partial charge in [-0.25, -0.2) is 4.39 Å². The molecule has 2 aromatic rings. The first-order valence-electron chi connectivity index (χ1n) is 11.0. The lowest BCUT2D eigenvalue weighted by molar-refractivity contribution is -0.110. The van der Waals surface area contributed by atoms with Crippen LogP contribution in [0, 0.1) is 5.82 Å². The van der Waals surface area contributed by atoms with Gasteiger partial charge < -0.3 is 14.3 Å². The minimum atomic E-state index is -1.80. The van der Waals surface area contributed by atoms with Gasteiger partial charge in [0.15, 0.2) is 8.24 Å². The standard InChI is InChI=1S/C25H31FN2O2Si/c1-15(2)31(16(3)4,17(5)6)28-10-9-18(13-28)19-11-23(30-14-19)24-21-8-7-20(26)12-22(21)27-25(24)29/h7-13,15-17H,14H2,1-6H3,(H,27,29)/b24-23+. The molecule has 0 saturated heterocycles. The molecule has 0 saturated carbocycles. The average Bonchev–Trinajstić information content (AvgIpc) is 3.38. The van der Waals surface area contributed by atoms with E-state index in [1.54, 1.807) is 6.07 Å². The molecular formula is C25H31FN2O2Si. The van der Waals surface area contributed by atoms with Gasteiger partial charge in [-0.15, -0.1) is 0 Å². The van der Waals surface area contributed by atoms with Crippen molar-refractivity contribution in [1.29, 1.82) is 0 Å². The summed E-state index contributed by atoms with van der Waals surface area (Å²) in [6.45, 7) is 14.5. The van der Waals surface area contributed by atoms with E-state index in [2.05, 4.69) is 69.6 Å². The Bertz CT molecular complexity index is 1070. The number of nitrogens with zero attached hydrogens (tertiary/aromatic N) is 1. The lowest BCUT2D eigenvalue weighted by atomic mass is 10.0. The summed E-state index contributed by atoms with van der Waals surface area (Å²) >= 11 is 0. The molecule has 3 heterocycles. The molecular weight excluding hydrogens is 407 g/mol. The predicted molar refractivity (Wildman–Crippen MR) is 127 cm³/mol. The summed E-state index contributed by atoms with van der Waals surface area (Å²) < 4.78 is 22.0. The number of ether oxygens (including phenoxy) is 1. The number of benzene rings is 1. The zero-order valence-corrected chi connectivity index (χ0v) is 20.1. The molecule has 0 bridgehead atoms. The Morgan fingerprint density at radius 1 is 1.06 bits per heavy atom. The van der Waals surface area contributed by atoms with Gasteiger partial charge in [-0.3, -0.25) is 4.79 Å². The van der Waals surface area contributed by atoms with Gasteiger partial charge in [-0.05, 0) is 58.7 Å². The zero-order valence-electron chi connectivity index (χ0n) is 19.1. The molecule has 2 aliphatic rings. The summed E-state index contributed by atoms with van der Waals surface area (Å²) in [5.41, 5.74) is 5.67. The van der Waals surface area contributed by atoms with E-state index in [-0.39, 0.29) is 11.7 Å². The number of fused-ring (bicyclic) bond motifs is 1. The van der Waals surface area contributed by atoms with Crippen LogP contribution in [0.15, 0.2) is 48.5 Å². The third kappa shape index (κ3) is 3.37. The number of amides is 1. The van der Waals surface area contributed by atoms with Gasteiger partial charge in [-0.2, -0.15) is 0 Å². The largest absolute Gasteiger partial charge is 0.488 e. The van der Waals surface area contributed by atoms with E-state index in [9.17, 15) is 9.18 Å². The van der Waals surface area contributed by atoms with Crippen LogP contribution in [-0.2, 0) is 9.53 Å². The van der Waals surface area contributed by atoms with Crippen LogP contribution in [0.3, 0.4) is 0 Å². The number of carbonyl (C=O) groups excluding carboxylic acids is 1. The van der Waals surface area contributed by atoms with Crippen molar-refractivity contribution in [3.05, 3.63) is 65.4 Å². The summed E-state index contributed by atoms with van der Waals surface area (Å²) in [6, 6.07) is 6.50. The number of allylic oxidation sites excluding steroid dienone is 1. The first kappa shape index (κ1) is 21.6. The molecule has 1 aromatic carbocycles. The van der Waals surface area contributed by atoms with Gasteiger partial charge in [0.25, 0.3) is 5.91 Å². The lowest BCUT2D eigenvalue weighted by Crippen LogP contribution is -2.51. The molecule has 0 unspecified atom stereocenters. The monoisotopic (exact) mass is 438 g/mol. The molecule has 4 nitrogen and oxygen atoms in total. The number of rotatable bonds is 5. The predicted octanol–water partition coefficient (Wildman–Crippen LogP) is 6.43. The highest BCUT2D eigenvalue weighted by atomic mass is 28.3. The van der Waals surface area contributed by atoms with Gasteiger partial charge in [0, 0.05) is 17.3 Å². The Morgan fingerprint density at radius 2 is 1.74 bits per heavy atom. The topological polar surface area (TPSA) is 43.3 Å². The fraction of sp³-hybridized carbons (Fsp3) is 0.400. The number of carbonyl (C=O) groups is 1. The SMILES string of the molecule is CC(C)[Si](C(C)C)(C(C)C)n1ccc(C2=C/C(=C3\C(=O)Nc4cc(F)ccc43)OC2)c1. The van der Waals surface area contributed by atoms with Crippen LogP contribution in [0.4, 0.5) is 10.1 Å². The summed E-state index contributed by atoms with van der Waals surface area (Å²) in [6.07, 6.45) is 6.46. The van der Waals surface area contributed by atoms with Crippen LogP contribution < -0.4 is 5.32 Å². The molecule has 0 spiro atoms. The Labute approximate surface area is 184 Å². The Hall–Kier alpha value is -2.60. The fourth-order valence-corrected chi connectivity index (χ4v) is 12.3.